The fraction of sp³-hybridized carbons (Fsp3) is 0.429. The van der Waals surface area contributed by atoms with Crippen LogP contribution < -0.4 is 5.48 Å². The van der Waals surface area contributed by atoms with Crippen molar-refractivity contribution >= 4 is 23.2 Å². The maximum Gasteiger partial charge on any atom is 0.284 e. The number of hydrogen-bond acceptors (Lipinski definition) is 4. The minimum absolute atomic E-state index is 0.00938. The SMILES string of the molecule is CCCCc1ccc(C(=O)N2Cc3cc(C(=O)NO)sc3C(C)(C)C2)cc1. The number of fused-ring (bicyclic) bond motifs is 1. The van der Waals surface area contributed by atoms with Gasteiger partial charge in [0.15, 0.2) is 0 Å². The number of hydrogen-bond donors (Lipinski definition) is 2. The molecule has 2 amide bonds. The molecular weight excluding hydrogens is 360 g/mol. The Hall–Kier alpha value is -2.18. The summed E-state index contributed by atoms with van der Waals surface area (Å²) in [6.07, 6.45) is 3.34. The van der Waals surface area contributed by atoms with Gasteiger partial charge in [-0.05, 0) is 42.2 Å². The lowest BCUT2D eigenvalue weighted by molar-refractivity contribution is 0.0689. The first-order chi connectivity index (χ1) is 12.9. The maximum absolute atomic E-state index is 13.0. The number of carbonyl (C=O) groups is 2. The number of thiophene rings is 1. The standard InChI is InChI=1S/C21H26N2O3S/c1-4-5-6-14-7-9-15(10-8-14)20(25)23-12-16-11-17(19(24)22-26)27-18(16)21(2,3)13-23/h7-11,26H,4-6,12-13H2,1-3H3,(H,22,24). The van der Waals surface area contributed by atoms with Gasteiger partial charge in [0, 0.05) is 28.9 Å². The number of benzene rings is 1. The van der Waals surface area contributed by atoms with Crippen molar-refractivity contribution in [2.24, 2.45) is 0 Å². The van der Waals surface area contributed by atoms with Gasteiger partial charge < -0.3 is 4.90 Å². The number of rotatable bonds is 5. The molecule has 0 saturated heterocycles. The van der Waals surface area contributed by atoms with Gasteiger partial charge in [0.25, 0.3) is 11.8 Å². The van der Waals surface area contributed by atoms with E-state index in [4.69, 9.17) is 5.21 Å². The van der Waals surface area contributed by atoms with E-state index in [-0.39, 0.29) is 11.3 Å². The van der Waals surface area contributed by atoms with Gasteiger partial charge in [-0.3, -0.25) is 14.8 Å². The zero-order valence-corrected chi connectivity index (χ0v) is 16.9. The van der Waals surface area contributed by atoms with E-state index in [1.165, 1.54) is 16.9 Å². The van der Waals surface area contributed by atoms with Gasteiger partial charge in [0.05, 0.1) is 4.88 Å². The molecule has 0 saturated carbocycles. The summed E-state index contributed by atoms with van der Waals surface area (Å²) < 4.78 is 0. The molecule has 3 rings (SSSR count). The second kappa shape index (κ2) is 7.82. The first-order valence-electron chi connectivity index (χ1n) is 9.31. The van der Waals surface area contributed by atoms with Crippen LogP contribution in [0.15, 0.2) is 30.3 Å². The Morgan fingerprint density at radius 1 is 1.26 bits per heavy atom. The van der Waals surface area contributed by atoms with Gasteiger partial charge in [-0.1, -0.05) is 39.3 Å². The summed E-state index contributed by atoms with van der Waals surface area (Å²) in [4.78, 5) is 28.2. The molecule has 5 nitrogen and oxygen atoms in total. The molecule has 6 heteroatoms. The van der Waals surface area contributed by atoms with E-state index < -0.39 is 5.91 Å². The molecule has 2 aromatic rings. The topological polar surface area (TPSA) is 69.6 Å². The van der Waals surface area contributed by atoms with Crippen molar-refractivity contribution < 1.29 is 14.8 Å². The molecule has 0 spiro atoms. The molecule has 0 aliphatic carbocycles. The van der Waals surface area contributed by atoms with Crippen molar-refractivity contribution in [1.82, 2.24) is 10.4 Å². The van der Waals surface area contributed by atoms with Crippen molar-refractivity contribution in [3.63, 3.8) is 0 Å². The zero-order chi connectivity index (χ0) is 19.6. The van der Waals surface area contributed by atoms with Gasteiger partial charge in [-0.15, -0.1) is 11.3 Å². The molecule has 1 aliphatic rings. The van der Waals surface area contributed by atoms with Crippen molar-refractivity contribution in [1.29, 1.82) is 0 Å². The Kier molecular flexibility index (Phi) is 5.67. The van der Waals surface area contributed by atoms with E-state index in [9.17, 15) is 9.59 Å². The normalized spacial score (nSPS) is 15.3. The van der Waals surface area contributed by atoms with Gasteiger partial charge >= 0.3 is 0 Å². The van der Waals surface area contributed by atoms with Crippen LogP contribution in [0.2, 0.25) is 0 Å². The molecule has 0 unspecified atom stereocenters. The van der Waals surface area contributed by atoms with Gasteiger partial charge in [0.2, 0.25) is 0 Å². The molecule has 144 valence electrons. The van der Waals surface area contributed by atoms with Gasteiger partial charge in [-0.2, -0.15) is 0 Å². The van der Waals surface area contributed by atoms with Crippen LogP contribution in [0.3, 0.4) is 0 Å². The lowest BCUT2D eigenvalue weighted by Crippen LogP contribution is -2.44. The van der Waals surface area contributed by atoms with E-state index in [2.05, 4.69) is 20.8 Å². The van der Waals surface area contributed by atoms with E-state index in [1.54, 1.807) is 11.5 Å². The molecule has 2 N–H and O–H groups in total. The Labute approximate surface area is 164 Å². The molecule has 0 bridgehead atoms. The molecule has 0 atom stereocenters. The highest BCUT2D eigenvalue weighted by Gasteiger charge is 2.36. The van der Waals surface area contributed by atoms with Crippen molar-refractivity contribution in [3.8, 4) is 0 Å². The summed E-state index contributed by atoms with van der Waals surface area (Å²) in [5.74, 6) is -0.499. The summed E-state index contributed by atoms with van der Waals surface area (Å²) >= 11 is 1.38. The van der Waals surface area contributed by atoms with E-state index in [0.717, 1.165) is 29.7 Å². The highest BCUT2D eigenvalue weighted by Crippen LogP contribution is 2.39. The highest BCUT2D eigenvalue weighted by molar-refractivity contribution is 7.14. The number of amides is 2. The molecule has 1 aromatic carbocycles. The van der Waals surface area contributed by atoms with E-state index >= 15 is 0 Å². The van der Waals surface area contributed by atoms with Gasteiger partial charge in [0.1, 0.15) is 0 Å². The maximum atomic E-state index is 13.0. The number of aryl methyl sites for hydroxylation is 1. The molecule has 1 aromatic heterocycles. The smallest absolute Gasteiger partial charge is 0.284 e. The quantitative estimate of drug-likeness (QED) is 0.599. The first kappa shape index (κ1) is 19.6. The van der Waals surface area contributed by atoms with Crippen molar-refractivity contribution in [2.45, 2.75) is 52.0 Å². The fourth-order valence-corrected chi connectivity index (χ4v) is 4.77. The van der Waals surface area contributed by atoms with E-state index in [0.29, 0.717) is 23.5 Å². The van der Waals surface area contributed by atoms with Crippen molar-refractivity contribution in [2.75, 3.05) is 6.54 Å². The molecule has 27 heavy (non-hydrogen) atoms. The largest absolute Gasteiger partial charge is 0.333 e. The second-order valence-electron chi connectivity index (χ2n) is 7.75. The highest BCUT2D eigenvalue weighted by atomic mass is 32.1. The molecular formula is C21H26N2O3S. The Morgan fingerprint density at radius 2 is 1.96 bits per heavy atom. The molecule has 0 radical (unpaired) electrons. The number of carbonyl (C=O) groups excluding carboxylic acids is 2. The number of nitrogens with one attached hydrogen (secondary N) is 1. The lowest BCUT2D eigenvalue weighted by Gasteiger charge is -2.38. The summed E-state index contributed by atoms with van der Waals surface area (Å²) in [7, 11) is 0. The van der Waals surface area contributed by atoms with E-state index in [1.807, 2.05) is 29.2 Å². The predicted octanol–water partition coefficient (Wildman–Crippen LogP) is 4.14. The Morgan fingerprint density at radius 3 is 2.59 bits per heavy atom. The molecule has 0 fully saturated rings. The second-order valence-corrected chi connectivity index (χ2v) is 8.80. The van der Waals surface area contributed by atoms with Crippen LogP contribution in [-0.4, -0.2) is 28.5 Å². The first-order valence-corrected chi connectivity index (χ1v) is 10.1. The molecule has 1 aliphatic heterocycles. The minimum Gasteiger partial charge on any atom is -0.333 e. The Balaban J connectivity index is 1.81. The minimum atomic E-state index is -0.509. The predicted molar refractivity (Wildman–Crippen MR) is 106 cm³/mol. The van der Waals surface area contributed by atoms with Crippen LogP contribution in [0.5, 0.6) is 0 Å². The van der Waals surface area contributed by atoms with Gasteiger partial charge in [-0.25, -0.2) is 5.48 Å². The van der Waals surface area contributed by atoms with Crippen LogP contribution in [-0.2, 0) is 18.4 Å². The van der Waals surface area contributed by atoms with Crippen LogP contribution >= 0.6 is 11.3 Å². The summed E-state index contributed by atoms with van der Waals surface area (Å²) in [6, 6.07) is 9.68. The van der Waals surface area contributed by atoms with Crippen molar-refractivity contribution in [3.05, 3.63) is 56.8 Å². The monoisotopic (exact) mass is 386 g/mol. The summed E-state index contributed by atoms with van der Waals surface area (Å²) in [6.45, 7) is 7.40. The molecule has 2 heterocycles. The van der Waals surface area contributed by atoms with Crippen LogP contribution in [0.25, 0.3) is 0 Å². The average Bonchev–Trinajstić information content (AvgIpc) is 3.10. The third-order valence-electron chi connectivity index (χ3n) is 5.00. The summed E-state index contributed by atoms with van der Waals surface area (Å²) in [5, 5.41) is 8.89. The van der Waals surface area contributed by atoms with Crippen LogP contribution in [0.1, 0.15) is 69.6 Å². The third kappa shape index (κ3) is 4.06. The Bertz CT molecular complexity index is 840. The number of nitrogens with zero attached hydrogens (tertiary/aromatic N) is 1. The average molecular weight is 387 g/mol. The number of hydroxylamine groups is 1. The summed E-state index contributed by atoms with van der Waals surface area (Å²) in [5.41, 5.74) is 4.37. The van der Waals surface area contributed by atoms with Crippen LogP contribution in [0, 0.1) is 0 Å². The number of unbranched alkanes of at least 4 members (excludes halogenated alkanes) is 1. The lowest BCUT2D eigenvalue weighted by atomic mass is 9.85. The van der Waals surface area contributed by atoms with Crippen LogP contribution in [0.4, 0.5) is 0 Å². The fourth-order valence-electron chi connectivity index (χ4n) is 3.62. The zero-order valence-electron chi connectivity index (χ0n) is 16.0. The third-order valence-corrected chi connectivity index (χ3v) is 6.55.